The average molecular weight is 435 g/mol. The number of hydrogen-bond donors (Lipinski definition) is 1. The van der Waals surface area contributed by atoms with Crippen LogP contribution < -0.4 is 10.1 Å². The van der Waals surface area contributed by atoms with Crippen molar-refractivity contribution in [2.45, 2.75) is 17.4 Å². The first kappa shape index (κ1) is 20.8. The Bertz CT molecular complexity index is 1220. The van der Waals surface area contributed by atoms with Gasteiger partial charge < -0.3 is 10.1 Å². The van der Waals surface area contributed by atoms with E-state index >= 15 is 0 Å². The van der Waals surface area contributed by atoms with Crippen LogP contribution in [0.2, 0.25) is 0 Å². The van der Waals surface area contributed by atoms with Gasteiger partial charge in [-0.05, 0) is 58.7 Å². The van der Waals surface area contributed by atoms with Crippen LogP contribution in [0.4, 0.5) is 0 Å². The van der Waals surface area contributed by atoms with Crippen molar-refractivity contribution < 1.29 is 17.9 Å². The maximum atomic E-state index is 12.1. The highest BCUT2D eigenvalue weighted by molar-refractivity contribution is 7.90. The number of sulfone groups is 1. The number of carbonyl (C=O) groups excluding carboxylic acids is 1. The topological polar surface area (TPSA) is 85.4 Å². The minimum absolute atomic E-state index is 0.131. The van der Waals surface area contributed by atoms with Gasteiger partial charge in [-0.3, -0.25) is 9.78 Å². The molecule has 6 nitrogen and oxygen atoms in total. The molecule has 0 spiro atoms. The second-order valence-corrected chi connectivity index (χ2v) is 9.44. The summed E-state index contributed by atoms with van der Waals surface area (Å²) in [6.45, 7) is 0.406. The molecule has 1 N–H and O–H groups in total. The SMILES string of the molecule is CS(=O)(=O)c1ccc(-c2ccc3c(c2)CC(CNC(=O)C=Cc2cccnc2)O3)cc1. The number of hydrogen-bond acceptors (Lipinski definition) is 5. The van der Waals surface area contributed by atoms with E-state index < -0.39 is 9.84 Å². The molecule has 0 fully saturated rings. The molecule has 3 aromatic rings. The molecule has 1 aliphatic rings. The van der Waals surface area contributed by atoms with Gasteiger partial charge in [0.05, 0.1) is 11.4 Å². The van der Waals surface area contributed by atoms with Gasteiger partial charge >= 0.3 is 0 Å². The van der Waals surface area contributed by atoms with E-state index in [1.165, 1.54) is 12.3 Å². The predicted octanol–water partition coefficient (Wildman–Crippen LogP) is 3.29. The molecular formula is C24H22N2O4S. The maximum absolute atomic E-state index is 12.1. The number of aromatic nitrogens is 1. The zero-order valence-electron chi connectivity index (χ0n) is 17.0. The van der Waals surface area contributed by atoms with Gasteiger partial charge in [-0.25, -0.2) is 8.42 Å². The van der Waals surface area contributed by atoms with Crippen LogP contribution in [0.25, 0.3) is 17.2 Å². The molecule has 0 bridgehead atoms. The van der Waals surface area contributed by atoms with E-state index in [1.54, 1.807) is 42.7 Å². The standard InChI is InChI=1S/C24H22N2O4S/c1-31(28,29)22-8-5-18(6-9-22)19-7-10-23-20(13-19)14-21(30-23)16-26-24(27)11-4-17-3-2-12-25-15-17/h2-13,15,21H,14,16H2,1H3,(H,26,27). The summed E-state index contributed by atoms with van der Waals surface area (Å²) < 4.78 is 29.2. The fourth-order valence-electron chi connectivity index (χ4n) is 3.43. The highest BCUT2D eigenvalue weighted by Gasteiger charge is 2.23. The quantitative estimate of drug-likeness (QED) is 0.602. The Morgan fingerprint density at radius 1 is 1.16 bits per heavy atom. The zero-order chi connectivity index (χ0) is 21.8. The molecule has 4 rings (SSSR count). The second kappa shape index (κ2) is 8.73. The first-order valence-electron chi connectivity index (χ1n) is 9.84. The lowest BCUT2D eigenvalue weighted by molar-refractivity contribution is -0.116. The van der Waals surface area contributed by atoms with Gasteiger partial charge in [-0.1, -0.05) is 24.3 Å². The van der Waals surface area contributed by atoms with Gasteiger partial charge in [-0.2, -0.15) is 0 Å². The molecule has 0 aliphatic carbocycles. The monoisotopic (exact) mass is 434 g/mol. The third kappa shape index (κ3) is 5.19. The van der Waals surface area contributed by atoms with Crippen LogP contribution in [0, 0.1) is 0 Å². The third-order valence-corrected chi connectivity index (χ3v) is 6.16. The summed E-state index contributed by atoms with van der Waals surface area (Å²) in [7, 11) is -3.21. The number of nitrogens with zero attached hydrogens (tertiary/aromatic N) is 1. The highest BCUT2D eigenvalue weighted by atomic mass is 32.2. The minimum Gasteiger partial charge on any atom is -0.488 e. The third-order valence-electron chi connectivity index (χ3n) is 5.03. The van der Waals surface area contributed by atoms with E-state index in [-0.39, 0.29) is 12.0 Å². The highest BCUT2D eigenvalue weighted by Crippen LogP contribution is 2.33. The summed E-state index contributed by atoms with van der Waals surface area (Å²) in [6.07, 6.45) is 8.33. The second-order valence-electron chi connectivity index (χ2n) is 7.43. The van der Waals surface area contributed by atoms with Crippen LogP contribution in [-0.4, -0.2) is 38.2 Å². The largest absolute Gasteiger partial charge is 0.488 e. The van der Waals surface area contributed by atoms with Crippen LogP contribution >= 0.6 is 0 Å². The van der Waals surface area contributed by atoms with Crippen molar-refractivity contribution in [3.8, 4) is 16.9 Å². The molecule has 158 valence electrons. The number of amides is 1. The summed E-state index contributed by atoms with van der Waals surface area (Å²) in [5, 5.41) is 2.87. The number of benzene rings is 2. The van der Waals surface area contributed by atoms with Crippen molar-refractivity contribution in [3.63, 3.8) is 0 Å². The molecule has 0 saturated carbocycles. The molecule has 31 heavy (non-hydrogen) atoms. The van der Waals surface area contributed by atoms with E-state index in [0.717, 1.165) is 28.0 Å². The Hall–Kier alpha value is -3.45. The van der Waals surface area contributed by atoms with Gasteiger partial charge in [0.15, 0.2) is 9.84 Å². The van der Waals surface area contributed by atoms with Crippen LogP contribution in [0.15, 0.2) is 78.0 Å². The summed E-state index contributed by atoms with van der Waals surface area (Å²) in [6, 6.07) is 16.5. The lowest BCUT2D eigenvalue weighted by atomic mass is 10.0. The van der Waals surface area contributed by atoms with Crippen molar-refractivity contribution >= 4 is 21.8 Å². The summed E-state index contributed by atoms with van der Waals surface area (Å²) in [4.78, 5) is 16.4. The van der Waals surface area contributed by atoms with Crippen molar-refractivity contribution in [3.05, 3.63) is 84.2 Å². The Morgan fingerprint density at radius 2 is 1.94 bits per heavy atom. The number of fused-ring (bicyclic) bond motifs is 1. The van der Waals surface area contributed by atoms with Gasteiger partial charge in [-0.15, -0.1) is 0 Å². The zero-order valence-corrected chi connectivity index (χ0v) is 17.8. The Labute approximate surface area is 181 Å². The smallest absolute Gasteiger partial charge is 0.244 e. The van der Waals surface area contributed by atoms with E-state index in [4.69, 9.17) is 4.74 Å². The van der Waals surface area contributed by atoms with Crippen LogP contribution in [-0.2, 0) is 21.1 Å². The van der Waals surface area contributed by atoms with Crippen molar-refractivity contribution in [1.29, 1.82) is 0 Å². The van der Waals surface area contributed by atoms with Crippen LogP contribution in [0.1, 0.15) is 11.1 Å². The van der Waals surface area contributed by atoms with Gasteiger partial charge in [0, 0.05) is 31.1 Å². The summed E-state index contributed by atoms with van der Waals surface area (Å²) in [5.41, 5.74) is 3.85. The molecular weight excluding hydrogens is 412 g/mol. The Kier molecular flexibility index (Phi) is 5.86. The summed E-state index contributed by atoms with van der Waals surface area (Å²) in [5.74, 6) is 0.622. The molecule has 0 saturated heterocycles. The predicted molar refractivity (Wildman–Crippen MR) is 119 cm³/mol. The van der Waals surface area contributed by atoms with E-state index in [9.17, 15) is 13.2 Å². The van der Waals surface area contributed by atoms with Crippen LogP contribution in [0.5, 0.6) is 5.75 Å². The molecule has 0 radical (unpaired) electrons. The van der Waals surface area contributed by atoms with Crippen molar-refractivity contribution in [1.82, 2.24) is 10.3 Å². The fraction of sp³-hybridized carbons (Fsp3) is 0.167. The lowest BCUT2D eigenvalue weighted by Gasteiger charge is -2.10. The molecule has 1 aliphatic heterocycles. The molecule has 1 aromatic heterocycles. The molecule has 2 heterocycles. The average Bonchev–Trinajstić information content (AvgIpc) is 3.19. The molecule has 2 aromatic carbocycles. The number of pyridine rings is 1. The number of rotatable bonds is 6. The first-order valence-corrected chi connectivity index (χ1v) is 11.7. The van der Waals surface area contributed by atoms with Crippen LogP contribution in [0.3, 0.4) is 0 Å². The molecule has 7 heteroatoms. The normalized spacial score (nSPS) is 15.5. The number of ether oxygens (including phenoxy) is 1. The minimum atomic E-state index is -3.21. The Morgan fingerprint density at radius 3 is 2.65 bits per heavy atom. The van der Waals surface area contributed by atoms with Gasteiger partial charge in [0.25, 0.3) is 0 Å². The van der Waals surface area contributed by atoms with Crippen molar-refractivity contribution in [2.75, 3.05) is 12.8 Å². The lowest BCUT2D eigenvalue weighted by Crippen LogP contribution is -2.33. The number of carbonyl (C=O) groups is 1. The van der Waals surface area contributed by atoms with E-state index in [2.05, 4.69) is 16.4 Å². The number of nitrogens with one attached hydrogen (secondary N) is 1. The molecule has 1 amide bonds. The maximum Gasteiger partial charge on any atom is 0.244 e. The molecule has 1 unspecified atom stereocenters. The van der Waals surface area contributed by atoms with Crippen molar-refractivity contribution in [2.24, 2.45) is 0 Å². The Balaban J connectivity index is 1.36. The van der Waals surface area contributed by atoms with Gasteiger partial charge in [0.1, 0.15) is 11.9 Å². The first-order chi connectivity index (χ1) is 14.9. The van der Waals surface area contributed by atoms with E-state index in [0.29, 0.717) is 17.9 Å². The summed E-state index contributed by atoms with van der Waals surface area (Å²) >= 11 is 0. The van der Waals surface area contributed by atoms with E-state index in [1.807, 2.05) is 24.3 Å². The molecule has 1 atom stereocenters. The van der Waals surface area contributed by atoms with Gasteiger partial charge in [0.2, 0.25) is 5.91 Å². The fourth-order valence-corrected chi connectivity index (χ4v) is 4.06.